The first-order valence-corrected chi connectivity index (χ1v) is 15.5. The number of halogens is 4. The van der Waals surface area contributed by atoms with Gasteiger partial charge in [0.05, 0.1) is 28.1 Å². The van der Waals surface area contributed by atoms with Crippen LogP contribution >= 0.6 is 11.6 Å². The van der Waals surface area contributed by atoms with Crippen molar-refractivity contribution in [2.75, 3.05) is 37.7 Å². The van der Waals surface area contributed by atoms with Crippen molar-refractivity contribution in [2.45, 2.75) is 62.7 Å². The van der Waals surface area contributed by atoms with Crippen LogP contribution in [0.15, 0.2) is 17.8 Å². The van der Waals surface area contributed by atoms with Crippen LogP contribution in [0.1, 0.15) is 49.7 Å². The molecule has 3 saturated heterocycles. The first kappa shape index (κ1) is 27.8. The Bertz CT molecular complexity index is 1810. The minimum absolute atomic E-state index is 0.00781. The van der Waals surface area contributed by atoms with Gasteiger partial charge in [-0.3, -0.25) is 4.90 Å². The third-order valence-electron chi connectivity index (χ3n) is 10.1. The number of ether oxygens (including phenoxy) is 2. The van der Waals surface area contributed by atoms with Crippen molar-refractivity contribution >= 4 is 33.9 Å². The van der Waals surface area contributed by atoms with Gasteiger partial charge in [-0.2, -0.15) is 15.2 Å². The summed E-state index contributed by atoms with van der Waals surface area (Å²) in [4.78, 5) is 13.7. The minimum Gasteiger partial charge on any atom is -0.491 e. The Kier molecular flexibility index (Phi) is 6.40. The summed E-state index contributed by atoms with van der Waals surface area (Å²) in [6, 6.07) is 4.83. The molecule has 3 atom stereocenters. The molecule has 8 rings (SSSR count). The van der Waals surface area contributed by atoms with E-state index in [1.165, 1.54) is 12.1 Å². The van der Waals surface area contributed by atoms with Crippen molar-refractivity contribution in [1.82, 2.24) is 14.9 Å². The van der Waals surface area contributed by atoms with E-state index in [2.05, 4.69) is 20.9 Å². The molecule has 0 radical (unpaired) electrons. The zero-order valence-corrected chi connectivity index (χ0v) is 24.7. The number of benzene rings is 2. The fraction of sp³-hybridized carbons (Fsp3) is 0.469. The molecule has 8 nitrogen and oxygen atoms in total. The molecule has 0 spiro atoms. The third kappa shape index (κ3) is 4.00. The summed E-state index contributed by atoms with van der Waals surface area (Å²) < 4.78 is 58.9. The predicted octanol–water partition coefficient (Wildman–Crippen LogP) is 5.68. The number of alkyl halides is 1. The van der Waals surface area contributed by atoms with Gasteiger partial charge in [-0.25, -0.2) is 13.2 Å². The Morgan fingerprint density at radius 2 is 2.05 bits per heavy atom. The Morgan fingerprint density at radius 3 is 2.89 bits per heavy atom. The van der Waals surface area contributed by atoms with E-state index in [1.54, 1.807) is 0 Å². The molecule has 12 heteroatoms. The SMILES string of the molecule is N#CC1=C(N)Cc2c(F)ccc(-c3c(Cl)c4c5c(nc(OC[C@@]67CCCN6C[C@H](F)C7)nc5c3F)N3CCC[C@@H]3CCO4)c21. The maximum Gasteiger partial charge on any atom is 0.319 e. The van der Waals surface area contributed by atoms with Crippen molar-refractivity contribution in [2.24, 2.45) is 5.73 Å². The number of nitriles is 1. The number of fused-ring (bicyclic) bond motifs is 4. The van der Waals surface area contributed by atoms with E-state index in [-0.39, 0.29) is 74.9 Å². The molecule has 0 saturated carbocycles. The Labute approximate surface area is 257 Å². The van der Waals surface area contributed by atoms with E-state index in [9.17, 15) is 14.0 Å². The fourth-order valence-corrected chi connectivity index (χ4v) is 8.43. The molecule has 5 heterocycles. The van der Waals surface area contributed by atoms with Gasteiger partial charge in [0.15, 0.2) is 11.6 Å². The summed E-state index contributed by atoms with van der Waals surface area (Å²) in [5, 5.41) is 10.2. The number of nitrogens with zero attached hydrogens (tertiary/aromatic N) is 5. The van der Waals surface area contributed by atoms with Crippen molar-refractivity contribution < 1.29 is 22.6 Å². The molecule has 228 valence electrons. The smallest absolute Gasteiger partial charge is 0.319 e. The monoisotopic (exact) mass is 622 g/mol. The molecule has 1 aliphatic carbocycles. The molecule has 0 bridgehead atoms. The van der Waals surface area contributed by atoms with Gasteiger partial charge < -0.3 is 20.1 Å². The lowest BCUT2D eigenvalue weighted by molar-refractivity contribution is 0.107. The van der Waals surface area contributed by atoms with E-state index in [1.807, 2.05) is 0 Å². The Balaban J connectivity index is 1.34. The van der Waals surface area contributed by atoms with E-state index in [0.29, 0.717) is 37.2 Å². The second-order valence-electron chi connectivity index (χ2n) is 12.5. The fourth-order valence-electron chi connectivity index (χ4n) is 8.09. The Hall–Kier alpha value is -3.75. The number of allylic oxidation sites excluding steroid dienone is 2. The highest BCUT2D eigenvalue weighted by molar-refractivity contribution is 6.36. The van der Waals surface area contributed by atoms with Crippen LogP contribution in [0.4, 0.5) is 19.0 Å². The summed E-state index contributed by atoms with van der Waals surface area (Å²) in [5.74, 6) is -0.586. The second kappa shape index (κ2) is 10.1. The molecule has 3 aromatic rings. The lowest BCUT2D eigenvalue weighted by atomic mass is 9.92. The largest absolute Gasteiger partial charge is 0.491 e. The molecule has 3 fully saturated rings. The predicted molar refractivity (Wildman–Crippen MR) is 159 cm³/mol. The molecule has 1 aromatic heterocycles. The molecule has 0 unspecified atom stereocenters. The van der Waals surface area contributed by atoms with Crippen molar-refractivity contribution in [3.05, 3.63) is 45.6 Å². The van der Waals surface area contributed by atoms with E-state index in [0.717, 1.165) is 38.8 Å². The molecule has 2 aromatic carbocycles. The van der Waals surface area contributed by atoms with Gasteiger partial charge in [-0.05, 0) is 43.9 Å². The Morgan fingerprint density at radius 1 is 1.18 bits per heavy atom. The zero-order valence-electron chi connectivity index (χ0n) is 23.9. The molecule has 2 N–H and O–H groups in total. The van der Waals surface area contributed by atoms with Crippen LogP contribution in [-0.2, 0) is 6.42 Å². The highest BCUT2D eigenvalue weighted by atomic mass is 35.5. The summed E-state index contributed by atoms with van der Waals surface area (Å²) >= 11 is 7.00. The lowest BCUT2D eigenvalue weighted by Crippen LogP contribution is -2.43. The minimum atomic E-state index is -0.920. The van der Waals surface area contributed by atoms with Crippen molar-refractivity contribution in [1.29, 1.82) is 5.26 Å². The standard InChI is InChI=1S/C32H30ClF3N6O2/c33-26-24(18-4-5-21(35)19-11-22(38)20(13-37)23(18)19)27(36)28-25-29(26)43-10-6-17-3-1-9-42(17)30(25)40-31(39-28)44-15-32-7-2-8-41(32)14-16(34)12-32/h4-5,16-17H,1-3,6-12,14-15,38H2/t16-,17-,32+/m1/s1. The van der Waals surface area contributed by atoms with Gasteiger partial charge in [-0.1, -0.05) is 17.7 Å². The number of nitrogens with two attached hydrogens (primary N) is 1. The van der Waals surface area contributed by atoms with Crippen LogP contribution in [0.3, 0.4) is 0 Å². The lowest BCUT2D eigenvalue weighted by Gasteiger charge is -2.32. The average molecular weight is 623 g/mol. The van der Waals surface area contributed by atoms with Gasteiger partial charge in [0, 0.05) is 60.8 Å². The average Bonchev–Trinajstić information content (AvgIpc) is 3.76. The van der Waals surface area contributed by atoms with Crippen LogP contribution in [-0.4, -0.2) is 65.5 Å². The van der Waals surface area contributed by atoms with Crippen LogP contribution in [0.2, 0.25) is 5.02 Å². The van der Waals surface area contributed by atoms with E-state index in [4.69, 9.17) is 31.8 Å². The summed E-state index contributed by atoms with van der Waals surface area (Å²) in [5.41, 5.74) is 6.53. The molecular weight excluding hydrogens is 593 g/mol. The maximum atomic E-state index is 17.0. The van der Waals surface area contributed by atoms with Crippen molar-refractivity contribution in [3.63, 3.8) is 0 Å². The first-order chi connectivity index (χ1) is 21.3. The van der Waals surface area contributed by atoms with Gasteiger partial charge in [0.1, 0.15) is 36.0 Å². The molecular formula is C32H30ClF3N6O2. The summed E-state index contributed by atoms with van der Waals surface area (Å²) in [6.07, 6.45) is 3.85. The van der Waals surface area contributed by atoms with E-state index >= 15 is 4.39 Å². The molecule has 0 amide bonds. The maximum absolute atomic E-state index is 17.0. The number of hydrogen-bond acceptors (Lipinski definition) is 8. The van der Waals surface area contributed by atoms with Gasteiger partial charge in [-0.15, -0.1) is 0 Å². The number of rotatable bonds is 4. The third-order valence-corrected chi connectivity index (χ3v) is 10.5. The topological polar surface area (TPSA) is 101 Å². The van der Waals surface area contributed by atoms with Gasteiger partial charge >= 0.3 is 6.01 Å². The molecule has 5 aliphatic rings. The molecule has 4 aliphatic heterocycles. The van der Waals surface area contributed by atoms with Crippen LogP contribution < -0.4 is 20.1 Å². The normalized spacial score (nSPS) is 25.8. The second-order valence-corrected chi connectivity index (χ2v) is 12.9. The van der Waals surface area contributed by atoms with Crippen LogP contribution in [0.25, 0.3) is 27.6 Å². The summed E-state index contributed by atoms with van der Waals surface area (Å²) in [6.45, 7) is 2.45. The van der Waals surface area contributed by atoms with Crippen molar-refractivity contribution in [3.8, 4) is 29.0 Å². The summed E-state index contributed by atoms with van der Waals surface area (Å²) in [7, 11) is 0. The zero-order chi connectivity index (χ0) is 30.3. The van der Waals surface area contributed by atoms with E-state index < -0.39 is 23.3 Å². The van der Waals surface area contributed by atoms with Crippen LogP contribution in [0, 0.1) is 23.0 Å². The highest BCUT2D eigenvalue weighted by Crippen LogP contribution is 2.51. The highest BCUT2D eigenvalue weighted by Gasteiger charge is 2.49. The van der Waals surface area contributed by atoms with Crippen LogP contribution in [0.5, 0.6) is 11.8 Å². The van der Waals surface area contributed by atoms with Gasteiger partial charge in [0.2, 0.25) is 0 Å². The molecule has 44 heavy (non-hydrogen) atoms. The number of aromatic nitrogens is 2. The first-order valence-electron chi connectivity index (χ1n) is 15.1. The number of anilines is 1. The van der Waals surface area contributed by atoms with Gasteiger partial charge in [0.25, 0.3) is 0 Å². The quantitative estimate of drug-likeness (QED) is 0.397. The number of hydrogen-bond donors (Lipinski definition) is 1.